The first-order valence-electron chi connectivity index (χ1n) is 10.3. The van der Waals surface area contributed by atoms with E-state index in [1.165, 1.54) is 0 Å². The van der Waals surface area contributed by atoms with E-state index in [1.54, 1.807) is 35.3 Å². The summed E-state index contributed by atoms with van der Waals surface area (Å²) >= 11 is 0. The Hall–Kier alpha value is -4.37. The van der Waals surface area contributed by atoms with Crippen molar-refractivity contribution in [3.05, 3.63) is 81.5 Å². The molecule has 3 heterocycles. The molecular formula is C23H18N8O. The third-order valence-electron chi connectivity index (χ3n) is 6.12. The highest BCUT2D eigenvalue weighted by Crippen LogP contribution is 2.46. The highest BCUT2D eigenvalue weighted by molar-refractivity contribution is 5.80. The number of nitrogens with one attached hydrogen (secondary N) is 1. The predicted octanol–water partition coefficient (Wildman–Crippen LogP) is 2.92. The second-order valence-electron chi connectivity index (χ2n) is 7.86. The third kappa shape index (κ3) is 3.12. The van der Waals surface area contributed by atoms with Crippen molar-refractivity contribution in [1.82, 2.24) is 29.7 Å². The van der Waals surface area contributed by atoms with Gasteiger partial charge >= 0.3 is 0 Å². The van der Waals surface area contributed by atoms with Gasteiger partial charge in [0.1, 0.15) is 23.1 Å². The monoisotopic (exact) mass is 422 g/mol. The van der Waals surface area contributed by atoms with Gasteiger partial charge in [-0.2, -0.15) is 15.6 Å². The summed E-state index contributed by atoms with van der Waals surface area (Å²) < 4.78 is 1.61. The van der Waals surface area contributed by atoms with Crippen molar-refractivity contribution in [3.8, 4) is 12.1 Å². The van der Waals surface area contributed by atoms with Crippen LogP contribution in [0.1, 0.15) is 66.1 Å². The van der Waals surface area contributed by atoms with Crippen molar-refractivity contribution >= 4 is 11.0 Å². The average molecular weight is 422 g/mol. The summed E-state index contributed by atoms with van der Waals surface area (Å²) in [7, 11) is 0. The molecular weight excluding hydrogens is 404 g/mol. The second kappa shape index (κ2) is 7.71. The molecule has 1 unspecified atom stereocenters. The van der Waals surface area contributed by atoms with Gasteiger partial charge in [0.25, 0.3) is 5.56 Å². The highest BCUT2D eigenvalue weighted by atomic mass is 16.1. The van der Waals surface area contributed by atoms with Crippen LogP contribution in [-0.4, -0.2) is 29.7 Å². The van der Waals surface area contributed by atoms with Crippen LogP contribution in [-0.2, 0) is 0 Å². The normalized spacial score (nSPS) is 18.5. The molecule has 1 aliphatic rings. The standard InChI is InChI=1S/C23H18N8O/c1-13(15-5-3-14(11-24)4-6-15)31-22-19(18(12-25)30-31)23(32)29-21(28-22)17-8-7-16(17)20-26-9-2-10-27-20/h2-6,9-10,13,16-17H,7-8H2,1H3,(H,28,29,32)/t13?,16-,17-/m1/s1. The molecule has 3 atom stereocenters. The van der Waals surface area contributed by atoms with E-state index in [-0.39, 0.29) is 34.5 Å². The molecule has 4 aromatic rings. The van der Waals surface area contributed by atoms with Crippen molar-refractivity contribution in [1.29, 1.82) is 10.5 Å². The summed E-state index contributed by atoms with van der Waals surface area (Å²) in [4.78, 5) is 29.3. The van der Waals surface area contributed by atoms with Crippen LogP contribution in [0, 0.1) is 22.7 Å². The number of rotatable bonds is 4. The lowest BCUT2D eigenvalue weighted by atomic mass is 9.72. The molecule has 1 aromatic carbocycles. The fraction of sp³-hybridized carbons (Fsp3) is 0.261. The zero-order valence-corrected chi connectivity index (χ0v) is 17.2. The Morgan fingerprint density at radius 1 is 1.09 bits per heavy atom. The van der Waals surface area contributed by atoms with E-state index in [4.69, 9.17) is 10.2 Å². The minimum Gasteiger partial charge on any atom is -0.310 e. The van der Waals surface area contributed by atoms with Gasteiger partial charge in [-0.15, -0.1) is 0 Å². The van der Waals surface area contributed by atoms with Gasteiger partial charge in [-0.25, -0.2) is 19.6 Å². The van der Waals surface area contributed by atoms with Gasteiger partial charge in [0.15, 0.2) is 11.3 Å². The maximum Gasteiger partial charge on any atom is 0.263 e. The van der Waals surface area contributed by atoms with Gasteiger partial charge in [0, 0.05) is 24.2 Å². The number of benzene rings is 1. The number of aromatic nitrogens is 6. The van der Waals surface area contributed by atoms with Crippen LogP contribution in [0.3, 0.4) is 0 Å². The second-order valence-corrected chi connectivity index (χ2v) is 7.86. The molecule has 0 spiro atoms. The van der Waals surface area contributed by atoms with Crippen molar-refractivity contribution in [2.24, 2.45) is 0 Å². The third-order valence-corrected chi connectivity index (χ3v) is 6.12. The van der Waals surface area contributed by atoms with E-state index in [1.807, 2.05) is 25.1 Å². The summed E-state index contributed by atoms with van der Waals surface area (Å²) in [6, 6.07) is 12.7. The number of fused-ring (bicyclic) bond motifs is 1. The Morgan fingerprint density at radius 3 is 2.44 bits per heavy atom. The summed E-state index contributed by atoms with van der Waals surface area (Å²) in [6.07, 6.45) is 5.21. The molecule has 1 N–H and O–H groups in total. The number of nitriles is 2. The summed E-state index contributed by atoms with van der Waals surface area (Å²) in [5.41, 5.74) is 1.48. The molecule has 9 nitrogen and oxygen atoms in total. The number of hydrogen-bond acceptors (Lipinski definition) is 7. The van der Waals surface area contributed by atoms with Crippen molar-refractivity contribution in [3.63, 3.8) is 0 Å². The van der Waals surface area contributed by atoms with Gasteiger partial charge in [0.05, 0.1) is 17.7 Å². The Morgan fingerprint density at radius 2 is 1.81 bits per heavy atom. The lowest BCUT2D eigenvalue weighted by Crippen LogP contribution is -2.28. The minimum absolute atomic E-state index is 0.00592. The van der Waals surface area contributed by atoms with Gasteiger partial charge in [0.2, 0.25) is 0 Å². The van der Waals surface area contributed by atoms with Gasteiger partial charge in [-0.1, -0.05) is 12.1 Å². The molecule has 1 aliphatic carbocycles. The van der Waals surface area contributed by atoms with Crippen LogP contribution in [0.2, 0.25) is 0 Å². The van der Waals surface area contributed by atoms with Crippen LogP contribution < -0.4 is 5.56 Å². The number of hydrogen-bond donors (Lipinski definition) is 1. The van der Waals surface area contributed by atoms with Gasteiger partial charge < -0.3 is 4.98 Å². The summed E-state index contributed by atoms with van der Waals surface area (Å²) in [5.74, 6) is 1.38. The van der Waals surface area contributed by atoms with Crippen LogP contribution in [0.25, 0.3) is 11.0 Å². The lowest BCUT2D eigenvalue weighted by molar-refractivity contribution is 0.319. The maximum atomic E-state index is 13.0. The first-order valence-corrected chi connectivity index (χ1v) is 10.3. The molecule has 0 bridgehead atoms. The fourth-order valence-electron chi connectivity index (χ4n) is 4.20. The van der Waals surface area contributed by atoms with Gasteiger partial charge in [-0.05, 0) is 43.5 Å². The molecule has 0 aliphatic heterocycles. The van der Waals surface area contributed by atoms with Crippen LogP contribution >= 0.6 is 0 Å². The van der Waals surface area contributed by atoms with Crippen molar-refractivity contribution in [2.45, 2.75) is 37.6 Å². The molecule has 156 valence electrons. The first kappa shape index (κ1) is 19.6. The number of aromatic amines is 1. The predicted molar refractivity (Wildman–Crippen MR) is 115 cm³/mol. The molecule has 5 rings (SSSR count). The Kier molecular flexibility index (Phi) is 4.72. The minimum atomic E-state index is -0.376. The summed E-state index contributed by atoms with van der Waals surface area (Å²) in [6.45, 7) is 1.92. The maximum absolute atomic E-state index is 13.0. The molecule has 0 amide bonds. The van der Waals surface area contributed by atoms with E-state index < -0.39 is 0 Å². The molecule has 0 radical (unpaired) electrons. The molecule has 1 saturated carbocycles. The van der Waals surface area contributed by atoms with E-state index in [0.29, 0.717) is 17.0 Å². The number of nitrogens with zero attached hydrogens (tertiary/aromatic N) is 7. The Labute approximate surface area is 183 Å². The van der Waals surface area contributed by atoms with Crippen LogP contribution in [0.5, 0.6) is 0 Å². The van der Waals surface area contributed by atoms with E-state index in [9.17, 15) is 10.1 Å². The largest absolute Gasteiger partial charge is 0.310 e. The zero-order chi connectivity index (χ0) is 22.2. The molecule has 1 fully saturated rings. The van der Waals surface area contributed by atoms with Crippen molar-refractivity contribution in [2.75, 3.05) is 0 Å². The van der Waals surface area contributed by atoms with Crippen LogP contribution in [0.15, 0.2) is 47.5 Å². The molecule has 0 saturated heterocycles. The topological polar surface area (TPSA) is 137 Å². The quantitative estimate of drug-likeness (QED) is 0.534. The Bertz CT molecular complexity index is 1440. The molecule has 3 aromatic heterocycles. The highest BCUT2D eigenvalue weighted by Gasteiger charge is 2.37. The lowest BCUT2D eigenvalue weighted by Gasteiger charge is -2.34. The van der Waals surface area contributed by atoms with Crippen LogP contribution in [0.4, 0.5) is 0 Å². The average Bonchev–Trinajstić information content (AvgIpc) is 3.18. The molecule has 9 heteroatoms. The summed E-state index contributed by atoms with van der Waals surface area (Å²) in [5, 5.41) is 23.2. The molecule has 32 heavy (non-hydrogen) atoms. The van der Waals surface area contributed by atoms with Crippen molar-refractivity contribution < 1.29 is 0 Å². The number of H-pyrrole nitrogens is 1. The smallest absolute Gasteiger partial charge is 0.263 e. The van der Waals surface area contributed by atoms with Gasteiger partial charge in [-0.3, -0.25) is 4.79 Å². The Balaban J connectivity index is 1.60. The SMILES string of the molecule is CC(c1ccc(C#N)cc1)n1nc(C#N)c2c(=O)[nH]c([C@@H]3CC[C@H]3c3ncccn3)nc21. The van der Waals surface area contributed by atoms with E-state index in [2.05, 4.69) is 26.1 Å². The first-order chi connectivity index (χ1) is 15.6. The van der Waals surface area contributed by atoms with E-state index >= 15 is 0 Å². The fourth-order valence-corrected chi connectivity index (χ4v) is 4.20. The van der Waals surface area contributed by atoms with E-state index in [0.717, 1.165) is 24.2 Å². The zero-order valence-electron chi connectivity index (χ0n) is 17.2.